The Morgan fingerprint density at radius 2 is 1.66 bits per heavy atom. The summed E-state index contributed by atoms with van der Waals surface area (Å²) < 4.78 is 21.2. The molecule has 0 aliphatic heterocycles. The Labute approximate surface area is 168 Å². The first kappa shape index (κ1) is 20.2. The topological polar surface area (TPSA) is 95.7 Å². The van der Waals surface area contributed by atoms with E-state index >= 15 is 0 Å². The van der Waals surface area contributed by atoms with Gasteiger partial charge in [0.15, 0.2) is 11.5 Å². The van der Waals surface area contributed by atoms with Crippen molar-refractivity contribution in [1.29, 1.82) is 0 Å². The summed E-state index contributed by atoms with van der Waals surface area (Å²) in [4.78, 5) is 17.1. The van der Waals surface area contributed by atoms with E-state index in [0.29, 0.717) is 34.5 Å². The van der Waals surface area contributed by atoms with Crippen molar-refractivity contribution >= 4 is 5.91 Å². The molecule has 0 fully saturated rings. The van der Waals surface area contributed by atoms with Crippen molar-refractivity contribution in [2.75, 3.05) is 21.3 Å². The Morgan fingerprint density at radius 1 is 1.03 bits per heavy atom. The summed E-state index contributed by atoms with van der Waals surface area (Å²) in [5, 5.41) is 6.84. The molecule has 1 aromatic heterocycles. The Hall–Kier alpha value is -3.55. The van der Waals surface area contributed by atoms with Crippen LogP contribution in [0.3, 0.4) is 0 Å². The zero-order valence-electron chi connectivity index (χ0n) is 17.0. The molecule has 0 aliphatic carbocycles. The smallest absolute Gasteiger partial charge is 0.252 e. The van der Waals surface area contributed by atoms with Gasteiger partial charge in [-0.2, -0.15) is 4.98 Å². The lowest BCUT2D eigenvalue weighted by Gasteiger charge is -2.15. The fraction of sp³-hybridized carbons (Fsp3) is 0.286. The molecule has 1 amide bonds. The van der Waals surface area contributed by atoms with E-state index in [4.69, 9.17) is 18.7 Å². The second-order valence-electron chi connectivity index (χ2n) is 6.43. The number of nitrogens with one attached hydrogen (secondary N) is 1. The fourth-order valence-corrected chi connectivity index (χ4v) is 2.78. The van der Waals surface area contributed by atoms with E-state index in [1.165, 1.54) is 21.3 Å². The number of rotatable bonds is 7. The number of carbonyl (C=O) groups is 1. The zero-order valence-corrected chi connectivity index (χ0v) is 17.0. The number of hydrogen-bond acceptors (Lipinski definition) is 7. The van der Waals surface area contributed by atoms with Crippen molar-refractivity contribution in [2.45, 2.75) is 19.9 Å². The highest BCUT2D eigenvalue weighted by atomic mass is 16.5. The first-order valence-electron chi connectivity index (χ1n) is 8.98. The molecule has 0 saturated carbocycles. The molecule has 1 N–H and O–H groups in total. The van der Waals surface area contributed by atoms with Crippen LogP contribution < -0.4 is 19.5 Å². The highest BCUT2D eigenvalue weighted by Crippen LogP contribution is 2.38. The third-order valence-electron chi connectivity index (χ3n) is 4.40. The number of aryl methyl sites for hydroxylation is 1. The van der Waals surface area contributed by atoms with Gasteiger partial charge in [-0.25, -0.2) is 0 Å². The van der Waals surface area contributed by atoms with Crippen molar-refractivity contribution in [3.8, 4) is 28.6 Å². The van der Waals surface area contributed by atoms with Gasteiger partial charge in [-0.05, 0) is 26.0 Å². The van der Waals surface area contributed by atoms with Gasteiger partial charge in [-0.3, -0.25) is 4.79 Å². The molecule has 29 heavy (non-hydrogen) atoms. The third kappa shape index (κ3) is 4.31. The van der Waals surface area contributed by atoms with Crippen LogP contribution in [0.1, 0.15) is 34.8 Å². The summed E-state index contributed by atoms with van der Waals surface area (Å²) in [6, 6.07) is 10.5. The van der Waals surface area contributed by atoms with Crippen LogP contribution in [-0.4, -0.2) is 37.4 Å². The van der Waals surface area contributed by atoms with Crippen LogP contribution in [0.15, 0.2) is 40.9 Å². The summed E-state index contributed by atoms with van der Waals surface area (Å²) in [7, 11) is 4.49. The van der Waals surface area contributed by atoms with E-state index < -0.39 is 6.04 Å². The quantitative estimate of drug-likeness (QED) is 0.651. The Morgan fingerprint density at radius 3 is 2.21 bits per heavy atom. The van der Waals surface area contributed by atoms with Gasteiger partial charge < -0.3 is 24.1 Å². The Kier molecular flexibility index (Phi) is 6.01. The first-order chi connectivity index (χ1) is 14.0. The van der Waals surface area contributed by atoms with Gasteiger partial charge in [0, 0.05) is 11.1 Å². The summed E-state index contributed by atoms with van der Waals surface area (Å²) in [5.74, 6) is 1.63. The molecule has 8 heteroatoms. The SMILES string of the molecule is COc1cc(C(=O)N[C@H](C)c2nc(-c3ccc(C)cc3)no2)cc(OC)c1OC. The van der Waals surface area contributed by atoms with Crippen molar-refractivity contribution in [3.05, 3.63) is 53.4 Å². The van der Waals surface area contributed by atoms with Gasteiger partial charge in [0.25, 0.3) is 5.91 Å². The lowest BCUT2D eigenvalue weighted by atomic mass is 10.1. The fourth-order valence-electron chi connectivity index (χ4n) is 2.78. The number of hydrogen-bond donors (Lipinski definition) is 1. The maximum absolute atomic E-state index is 12.7. The maximum Gasteiger partial charge on any atom is 0.252 e. The van der Waals surface area contributed by atoms with Crippen LogP contribution in [0.4, 0.5) is 0 Å². The van der Waals surface area contributed by atoms with Crippen molar-refractivity contribution in [2.24, 2.45) is 0 Å². The van der Waals surface area contributed by atoms with Gasteiger partial charge in [0.2, 0.25) is 17.5 Å². The number of aromatic nitrogens is 2. The van der Waals surface area contributed by atoms with Gasteiger partial charge in [-0.1, -0.05) is 35.0 Å². The molecule has 0 spiro atoms. The van der Waals surface area contributed by atoms with E-state index in [0.717, 1.165) is 11.1 Å². The van der Waals surface area contributed by atoms with Crippen LogP contribution in [0.2, 0.25) is 0 Å². The Bertz CT molecular complexity index is 973. The first-order valence-corrected chi connectivity index (χ1v) is 8.98. The number of ether oxygens (including phenoxy) is 3. The van der Waals surface area contributed by atoms with Gasteiger partial charge >= 0.3 is 0 Å². The van der Waals surface area contributed by atoms with Crippen molar-refractivity contribution in [1.82, 2.24) is 15.5 Å². The predicted molar refractivity (Wildman–Crippen MR) is 106 cm³/mol. The molecule has 1 heterocycles. The van der Waals surface area contributed by atoms with E-state index in [2.05, 4.69) is 15.5 Å². The van der Waals surface area contributed by atoms with Crippen molar-refractivity contribution < 1.29 is 23.5 Å². The van der Waals surface area contributed by atoms with Gasteiger partial charge in [0.1, 0.15) is 6.04 Å². The molecule has 3 aromatic rings. The number of nitrogens with zero attached hydrogens (tertiary/aromatic N) is 2. The van der Waals surface area contributed by atoms with Crippen molar-refractivity contribution in [3.63, 3.8) is 0 Å². The van der Waals surface area contributed by atoms with Gasteiger partial charge in [0.05, 0.1) is 21.3 Å². The third-order valence-corrected chi connectivity index (χ3v) is 4.40. The number of benzene rings is 2. The molecular formula is C21H23N3O5. The minimum Gasteiger partial charge on any atom is -0.493 e. The largest absolute Gasteiger partial charge is 0.493 e. The average Bonchev–Trinajstić information content (AvgIpc) is 3.23. The maximum atomic E-state index is 12.7. The van der Waals surface area contributed by atoms with Crippen LogP contribution in [-0.2, 0) is 0 Å². The number of methoxy groups -OCH3 is 3. The van der Waals surface area contributed by atoms with E-state index in [1.807, 2.05) is 31.2 Å². The van der Waals surface area contributed by atoms with E-state index in [-0.39, 0.29) is 5.91 Å². The van der Waals surface area contributed by atoms with Crippen LogP contribution in [0.25, 0.3) is 11.4 Å². The summed E-state index contributed by atoms with van der Waals surface area (Å²) in [6.07, 6.45) is 0. The van der Waals surface area contributed by atoms with Crippen LogP contribution in [0.5, 0.6) is 17.2 Å². The lowest BCUT2D eigenvalue weighted by molar-refractivity contribution is 0.0931. The highest BCUT2D eigenvalue weighted by molar-refractivity contribution is 5.95. The molecule has 3 rings (SSSR count). The normalized spacial score (nSPS) is 11.6. The molecule has 8 nitrogen and oxygen atoms in total. The van der Waals surface area contributed by atoms with E-state index in [9.17, 15) is 4.79 Å². The highest BCUT2D eigenvalue weighted by Gasteiger charge is 2.21. The van der Waals surface area contributed by atoms with Gasteiger partial charge in [-0.15, -0.1) is 0 Å². The predicted octanol–water partition coefficient (Wildman–Crippen LogP) is 3.56. The molecule has 0 unspecified atom stereocenters. The average molecular weight is 397 g/mol. The minimum absolute atomic E-state index is 0.307. The zero-order chi connectivity index (χ0) is 21.0. The molecule has 0 aliphatic rings. The molecule has 0 saturated heterocycles. The van der Waals surface area contributed by atoms with Crippen LogP contribution >= 0.6 is 0 Å². The van der Waals surface area contributed by atoms with Crippen LogP contribution in [0, 0.1) is 6.92 Å². The second kappa shape index (κ2) is 8.64. The molecule has 2 aromatic carbocycles. The number of amides is 1. The number of carbonyl (C=O) groups excluding carboxylic acids is 1. The Balaban J connectivity index is 1.78. The minimum atomic E-state index is -0.492. The summed E-state index contributed by atoms with van der Waals surface area (Å²) >= 11 is 0. The summed E-state index contributed by atoms with van der Waals surface area (Å²) in [6.45, 7) is 3.77. The molecule has 0 radical (unpaired) electrons. The molecule has 0 bridgehead atoms. The lowest BCUT2D eigenvalue weighted by Crippen LogP contribution is -2.27. The summed E-state index contributed by atoms with van der Waals surface area (Å²) in [5.41, 5.74) is 2.34. The molecular weight excluding hydrogens is 374 g/mol. The van der Waals surface area contributed by atoms with E-state index in [1.54, 1.807) is 19.1 Å². The second-order valence-corrected chi connectivity index (χ2v) is 6.43. The monoisotopic (exact) mass is 397 g/mol. The standard InChI is InChI=1S/C21H23N3O5/c1-12-6-8-14(9-7-12)19-23-21(29-24-19)13(2)22-20(25)15-10-16(26-3)18(28-5)17(11-15)27-4/h6-11,13H,1-5H3,(H,22,25)/t13-/m1/s1. The molecule has 152 valence electrons. The molecule has 1 atom stereocenters.